The van der Waals surface area contributed by atoms with Crippen LogP contribution in [0.1, 0.15) is 36.0 Å². The Morgan fingerprint density at radius 2 is 1.74 bits per heavy atom. The van der Waals surface area contributed by atoms with Crippen molar-refractivity contribution in [2.45, 2.75) is 45.3 Å². The van der Waals surface area contributed by atoms with E-state index in [-0.39, 0.29) is 17.7 Å². The highest BCUT2D eigenvalue weighted by atomic mass is 16.2. The van der Waals surface area contributed by atoms with E-state index in [1.165, 1.54) is 5.56 Å². The lowest BCUT2D eigenvalue weighted by molar-refractivity contribution is -0.137. The Labute approximate surface area is 160 Å². The van der Waals surface area contributed by atoms with Crippen LogP contribution in [0.2, 0.25) is 0 Å². The molecule has 140 valence electrons. The fourth-order valence-electron chi connectivity index (χ4n) is 3.79. The van der Waals surface area contributed by atoms with E-state index in [0.717, 1.165) is 24.0 Å². The molecule has 2 aromatic carbocycles. The molecule has 1 saturated heterocycles. The van der Waals surface area contributed by atoms with Crippen LogP contribution in [-0.2, 0) is 22.7 Å². The van der Waals surface area contributed by atoms with Crippen LogP contribution < -0.4 is 0 Å². The lowest BCUT2D eigenvalue weighted by Crippen LogP contribution is -2.38. The summed E-state index contributed by atoms with van der Waals surface area (Å²) in [5.41, 5.74) is 3.48. The number of carbonyl (C=O) groups excluding carboxylic acids is 2. The predicted octanol–water partition coefficient (Wildman–Crippen LogP) is 3.53. The van der Waals surface area contributed by atoms with Gasteiger partial charge in [0.25, 0.3) is 0 Å². The number of hydrogen-bond acceptors (Lipinski definition) is 2. The van der Waals surface area contributed by atoms with E-state index >= 15 is 0 Å². The average molecular weight is 362 g/mol. The average Bonchev–Trinajstić information content (AvgIpc) is 3.46. The molecule has 0 radical (unpaired) electrons. The molecule has 2 aliphatic rings. The summed E-state index contributed by atoms with van der Waals surface area (Å²) >= 11 is 0. The van der Waals surface area contributed by atoms with Crippen molar-refractivity contribution in [3.05, 3.63) is 71.3 Å². The first-order valence-corrected chi connectivity index (χ1v) is 9.78. The Hall–Kier alpha value is -2.62. The SMILES string of the molecule is Cc1ccc(CN2CC(C(=O)N(Cc3ccccc3)C3CC3)CC2=O)cc1. The van der Waals surface area contributed by atoms with Gasteiger partial charge >= 0.3 is 0 Å². The first-order valence-electron chi connectivity index (χ1n) is 9.78. The minimum atomic E-state index is -0.215. The number of rotatable bonds is 6. The summed E-state index contributed by atoms with van der Waals surface area (Å²) in [5, 5.41) is 0. The number of nitrogens with zero attached hydrogens (tertiary/aromatic N) is 2. The molecule has 1 saturated carbocycles. The first-order chi connectivity index (χ1) is 13.1. The Balaban J connectivity index is 1.42. The van der Waals surface area contributed by atoms with Crippen molar-refractivity contribution in [3.8, 4) is 0 Å². The van der Waals surface area contributed by atoms with Crippen molar-refractivity contribution in [1.29, 1.82) is 0 Å². The molecular weight excluding hydrogens is 336 g/mol. The first kappa shape index (κ1) is 17.8. The fraction of sp³-hybridized carbons (Fsp3) is 0.391. The van der Waals surface area contributed by atoms with Crippen molar-refractivity contribution >= 4 is 11.8 Å². The van der Waals surface area contributed by atoms with E-state index in [4.69, 9.17) is 0 Å². The molecule has 1 aliphatic heterocycles. The fourth-order valence-corrected chi connectivity index (χ4v) is 3.79. The number of aryl methyl sites for hydroxylation is 1. The minimum Gasteiger partial charge on any atom is -0.338 e. The maximum absolute atomic E-state index is 13.2. The molecule has 0 bridgehead atoms. The highest BCUT2D eigenvalue weighted by molar-refractivity contribution is 5.89. The van der Waals surface area contributed by atoms with Crippen LogP contribution >= 0.6 is 0 Å². The zero-order valence-electron chi connectivity index (χ0n) is 15.8. The third kappa shape index (κ3) is 4.21. The van der Waals surface area contributed by atoms with Gasteiger partial charge in [0.05, 0.1) is 5.92 Å². The van der Waals surface area contributed by atoms with Crippen LogP contribution in [0, 0.1) is 12.8 Å². The minimum absolute atomic E-state index is 0.0874. The molecule has 1 atom stereocenters. The summed E-state index contributed by atoms with van der Waals surface area (Å²) in [4.78, 5) is 29.5. The zero-order chi connectivity index (χ0) is 18.8. The van der Waals surface area contributed by atoms with Crippen molar-refractivity contribution < 1.29 is 9.59 Å². The molecule has 4 rings (SSSR count). The topological polar surface area (TPSA) is 40.6 Å². The second-order valence-corrected chi connectivity index (χ2v) is 7.84. The van der Waals surface area contributed by atoms with Crippen molar-refractivity contribution in [2.24, 2.45) is 5.92 Å². The molecule has 27 heavy (non-hydrogen) atoms. The molecule has 2 fully saturated rings. The van der Waals surface area contributed by atoms with Gasteiger partial charge in [0.2, 0.25) is 11.8 Å². The molecule has 4 heteroatoms. The van der Waals surface area contributed by atoms with Gasteiger partial charge in [-0.3, -0.25) is 9.59 Å². The number of carbonyl (C=O) groups is 2. The van der Waals surface area contributed by atoms with Crippen LogP contribution in [0.4, 0.5) is 0 Å². The Bertz CT molecular complexity index is 812. The molecule has 2 amide bonds. The highest BCUT2D eigenvalue weighted by Crippen LogP contribution is 2.32. The van der Waals surface area contributed by atoms with E-state index in [2.05, 4.69) is 43.3 Å². The third-order valence-corrected chi connectivity index (χ3v) is 5.52. The number of likely N-dealkylation sites (tertiary alicyclic amines) is 1. The van der Waals surface area contributed by atoms with Gasteiger partial charge in [-0.2, -0.15) is 0 Å². The van der Waals surface area contributed by atoms with Crippen LogP contribution in [0.3, 0.4) is 0 Å². The lowest BCUT2D eigenvalue weighted by atomic mass is 10.1. The van der Waals surface area contributed by atoms with Gasteiger partial charge in [-0.05, 0) is 30.9 Å². The second-order valence-electron chi connectivity index (χ2n) is 7.84. The van der Waals surface area contributed by atoms with Gasteiger partial charge in [-0.1, -0.05) is 60.2 Å². The Kier molecular flexibility index (Phi) is 4.97. The predicted molar refractivity (Wildman–Crippen MR) is 105 cm³/mol. The van der Waals surface area contributed by atoms with Crippen LogP contribution in [0.15, 0.2) is 54.6 Å². The van der Waals surface area contributed by atoms with E-state index in [9.17, 15) is 9.59 Å². The largest absolute Gasteiger partial charge is 0.338 e. The lowest BCUT2D eigenvalue weighted by Gasteiger charge is -2.26. The summed E-state index contributed by atoms with van der Waals surface area (Å²) in [6.07, 6.45) is 2.49. The van der Waals surface area contributed by atoms with E-state index in [1.54, 1.807) is 0 Å². The highest BCUT2D eigenvalue weighted by Gasteiger charge is 2.40. The summed E-state index contributed by atoms with van der Waals surface area (Å²) in [6, 6.07) is 18.7. The molecule has 4 nitrogen and oxygen atoms in total. The van der Waals surface area contributed by atoms with Gasteiger partial charge in [0.1, 0.15) is 0 Å². The normalized spacial score (nSPS) is 19.4. The van der Waals surface area contributed by atoms with E-state index < -0.39 is 0 Å². The van der Waals surface area contributed by atoms with Crippen molar-refractivity contribution in [3.63, 3.8) is 0 Å². The van der Waals surface area contributed by atoms with Gasteiger partial charge in [-0.25, -0.2) is 0 Å². The van der Waals surface area contributed by atoms with Crippen molar-refractivity contribution in [1.82, 2.24) is 9.80 Å². The number of hydrogen-bond donors (Lipinski definition) is 0. The standard InChI is InChI=1S/C23H26N2O2/c1-17-7-9-19(10-8-17)14-24-16-20(13-22(24)26)23(27)25(21-11-12-21)15-18-5-3-2-4-6-18/h2-10,20-21H,11-16H2,1H3. The molecule has 2 aromatic rings. The Morgan fingerprint density at radius 3 is 2.41 bits per heavy atom. The molecule has 0 aromatic heterocycles. The van der Waals surface area contributed by atoms with E-state index in [1.807, 2.05) is 28.0 Å². The smallest absolute Gasteiger partial charge is 0.228 e. The maximum Gasteiger partial charge on any atom is 0.228 e. The Morgan fingerprint density at radius 1 is 1.04 bits per heavy atom. The quantitative estimate of drug-likeness (QED) is 0.789. The molecular formula is C23H26N2O2. The summed E-state index contributed by atoms with van der Waals surface area (Å²) in [5.74, 6) is 0.0118. The monoisotopic (exact) mass is 362 g/mol. The third-order valence-electron chi connectivity index (χ3n) is 5.52. The van der Waals surface area contributed by atoms with Crippen LogP contribution in [0.25, 0.3) is 0 Å². The summed E-state index contributed by atoms with van der Waals surface area (Å²) < 4.78 is 0. The molecule has 1 unspecified atom stereocenters. The van der Waals surface area contributed by atoms with Gasteiger partial charge in [0.15, 0.2) is 0 Å². The summed E-state index contributed by atoms with van der Waals surface area (Å²) in [6.45, 7) is 3.82. The molecule has 0 N–H and O–H groups in total. The molecule has 1 heterocycles. The van der Waals surface area contributed by atoms with Gasteiger partial charge < -0.3 is 9.80 Å². The van der Waals surface area contributed by atoms with Crippen molar-refractivity contribution in [2.75, 3.05) is 6.54 Å². The maximum atomic E-state index is 13.2. The van der Waals surface area contributed by atoms with Gasteiger partial charge in [-0.15, -0.1) is 0 Å². The molecule has 1 aliphatic carbocycles. The van der Waals surface area contributed by atoms with Gasteiger partial charge in [0, 0.05) is 32.1 Å². The molecule has 0 spiro atoms. The van der Waals surface area contributed by atoms with Crippen LogP contribution in [0.5, 0.6) is 0 Å². The van der Waals surface area contributed by atoms with E-state index in [0.29, 0.717) is 32.1 Å². The number of amides is 2. The zero-order valence-corrected chi connectivity index (χ0v) is 15.8. The number of benzene rings is 2. The second kappa shape index (κ2) is 7.55. The summed E-state index contributed by atoms with van der Waals surface area (Å²) in [7, 11) is 0. The van der Waals surface area contributed by atoms with Crippen LogP contribution in [-0.4, -0.2) is 34.2 Å².